The Morgan fingerprint density at radius 3 is 2.63 bits per heavy atom. The number of aryl methyl sites for hydroxylation is 1. The van der Waals surface area contributed by atoms with Gasteiger partial charge in [0.1, 0.15) is 11.6 Å². The second-order valence-corrected chi connectivity index (χ2v) is 4.94. The van der Waals surface area contributed by atoms with Gasteiger partial charge in [0.15, 0.2) is 0 Å². The first kappa shape index (κ1) is 14.0. The molecule has 0 aliphatic heterocycles. The fourth-order valence-corrected chi connectivity index (χ4v) is 2.10. The van der Waals surface area contributed by atoms with E-state index in [2.05, 4.69) is 0 Å². The highest BCUT2D eigenvalue weighted by Gasteiger charge is 2.14. The van der Waals surface area contributed by atoms with E-state index in [1.165, 1.54) is 12.1 Å². The molecule has 0 fully saturated rings. The smallest absolute Gasteiger partial charge is 0.142 e. The molecule has 0 bridgehead atoms. The minimum Gasteiger partial charge on any atom is -0.324 e. The Labute approximate surface area is 116 Å². The van der Waals surface area contributed by atoms with Gasteiger partial charge in [0.2, 0.25) is 0 Å². The lowest BCUT2D eigenvalue weighted by molar-refractivity contribution is 0.571. The van der Waals surface area contributed by atoms with Crippen LogP contribution in [-0.4, -0.2) is 0 Å². The molecule has 2 aromatic rings. The molecule has 19 heavy (non-hydrogen) atoms. The average molecular weight is 282 g/mol. The third-order valence-corrected chi connectivity index (χ3v) is 3.37. The van der Waals surface area contributed by atoms with E-state index in [1.54, 1.807) is 31.2 Å². The van der Waals surface area contributed by atoms with Crippen molar-refractivity contribution in [1.29, 1.82) is 0 Å². The van der Waals surface area contributed by atoms with E-state index in [9.17, 15) is 8.78 Å². The summed E-state index contributed by atoms with van der Waals surface area (Å²) in [6, 6.07) is 9.09. The fourth-order valence-electron chi connectivity index (χ4n) is 1.99. The van der Waals surface area contributed by atoms with Gasteiger partial charge in [-0.1, -0.05) is 35.9 Å². The van der Waals surface area contributed by atoms with Crippen LogP contribution in [0.25, 0.3) is 0 Å². The lowest BCUT2D eigenvalue weighted by atomic mass is 9.97. The van der Waals surface area contributed by atoms with Crippen molar-refractivity contribution in [3.05, 3.63) is 69.7 Å². The minimum atomic E-state index is -0.513. The lowest BCUT2D eigenvalue weighted by Crippen LogP contribution is -2.15. The van der Waals surface area contributed by atoms with Crippen molar-refractivity contribution in [3.63, 3.8) is 0 Å². The Morgan fingerprint density at radius 1 is 1.21 bits per heavy atom. The summed E-state index contributed by atoms with van der Waals surface area (Å²) >= 11 is 5.61. The number of benzene rings is 2. The molecule has 1 atom stereocenters. The molecule has 0 spiro atoms. The average Bonchev–Trinajstić information content (AvgIpc) is 2.37. The number of nitrogens with two attached hydrogens (primary N) is 1. The molecule has 1 unspecified atom stereocenters. The monoisotopic (exact) mass is 281 g/mol. The third kappa shape index (κ3) is 3.11. The van der Waals surface area contributed by atoms with E-state index < -0.39 is 11.9 Å². The van der Waals surface area contributed by atoms with Crippen LogP contribution in [0.3, 0.4) is 0 Å². The normalized spacial score (nSPS) is 12.5. The van der Waals surface area contributed by atoms with E-state index >= 15 is 0 Å². The van der Waals surface area contributed by atoms with Crippen LogP contribution < -0.4 is 5.73 Å². The topological polar surface area (TPSA) is 26.0 Å². The predicted molar refractivity (Wildman–Crippen MR) is 73.2 cm³/mol. The zero-order valence-electron chi connectivity index (χ0n) is 10.5. The molecular weight excluding hydrogens is 268 g/mol. The summed E-state index contributed by atoms with van der Waals surface area (Å²) in [5, 5.41) is 0.0686. The van der Waals surface area contributed by atoms with Crippen LogP contribution in [-0.2, 0) is 6.42 Å². The van der Waals surface area contributed by atoms with Gasteiger partial charge in [-0.3, -0.25) is 0 Å². The first-order valence-corrected chi connectivity index (χ1v) is 6.31. The molecule has 2 rings (SSSR count). The van der Waals surface area contributed by atoms with Crippen LogP contribution in [0.1, 0.15) is 22.7 Å². The Hall–Kier alpha value is -1.45. The number of rotatable bonds is 3. The van der Waals surface area contributed by atoms with Crippen molar-refractivity contribution >= 4 is 11.6 Å². The van der Waals surface area contributed by atoms with E-state index in [4.69, 9.17) is 17.3 Å². The quantitative estimate of drug-likeness (QED) is 0.898. The first-order valence-electron chi connectivity index (χ1n) is 5.93. The van der Waals surface area contributed by atoms with Gasteiger partial charge in [-0.05, 0) is 36.6 Å². The summed E-state index contributed by atoms with van der Waals surface area (Å²) in [4.78, 5) is 0. The zero-order chi connectivity index (χ0) is 14.0. The van der Waals surface area contributed by atoms with Crippen molar-refractivity contribution < 1.29 is 8.78 Å². The Balaban J connectivity index is 2.23. The second kappa shape index (κ2) is 5.68. The molecule has 100 valence electrons. The van der Waals surface area contributed by atoms with Crippen LogP contribution >= 0.6 is 11.6 Å². The van der Waals surface area contributed by atoms with E-state index in [0.717, 1.165) is 0 Å². The van der Waals surface area contributed by atoms with Crippen molar-refractivity contribution in [2.24, 2.45) is 5.73 Å². The van der Waals surface area contributed by atoms with Crippen molar-refractivity contribution in [3.8, 4) is 0 Å². The molecule has 0 saturated carbocycles. The Morgan fingerprint density at radius 2 is 1.95 bits per heavy atom. The van der Waals surface area contributed by atoms with E-state index in [-0.39, 0.29) is 10.8 Å². The molecule has 2 N–H and O–H groups in total. The van der Waals surface area contributed by atoms with E-state index in [1.807, 2.05) is 0 Å². The van der Waals surface area contributed by atoms with Crippen molar-refractivity contribution in [1.82, 2.24) is 0 Å². The summed E-state index contributed by atoms with van der Waals surface area (Å²) in [7, 11) is 0. The predicted octanol–water partition coefficient (Wildman–Crippen LogP) is 4.17. The van der Waals surface area contributed by atoms with Crippen LogP contribution in [0.2, 0.25) is 5.02 Å². The molecule has 0 saturated heterocycles. The zero-order valence-corrected chi connectivity index (χ0v) is 11.2. The van der Waals surface area contributed by atoms with Gasteiger partial charge >= 0.3 is 0 Å². The molecule has 0 aromatic heterocycles. The van der Waals surface area contributed by atoms with Crippen LogP contribution in [0.4, 0.5) is 8.78 Å². The molecule has 0 aliphatic carbocycles. The second-order valence-electron chi connectivity index (χ2n) is 4.54. The van der Waals surface area contributed by atoms with Gasteiger partial charge in [-0.2, -0.15) is 0 Å². The lowest BCUT2D eigenvalue weighted by Gasteiger charge is -2.14. The summed E-state index contributed by atoms with van der Waals surface area (Å²) in [5.74, 6) is -0.791. The van der Waals surface area contributed by atoms with Gasteiger partial charge in [-0.15, -0.1) is 0 Å². The van der Waals surface area contributed by atoms with Crippen LogP contribution in [0, 0.1) is 18.6 Å². The van der Waals surface area contributed by atoms with Gasteiger partial charge in [0.25, 0.3) is 0 Å². The minimum absolute atomic E-state index is 0.0686. The molecule has 0 heterocycles. The van der Waals surface area contributed by atoms with Gasteiger partial charge in [0, 0.05) is 11.6 Å². The molecule has 0 amide bonds. The van der Waals surface area contributed by atoms with Crippen molar-refractivity contribution in [2.45, 2.75) is 19.4 Å². The van der Waals surface area contributed by atoms with Gasteiger partial charge in [-0.25, -0.2) is 8.78 Å². The van der Waals surface area contributed by atoms with Crippen LogP contribution in [0.15, 0.2) is 36.4 Å². The molecule has 0 radical (unpaired) electrons. The molecule has 0 aliphatic rings. The highest BCUT2D eigenvalue weighted by atomic mass is 35.5. The molecule has 4 heteroatoms. The molecule has 1 nitrogen and oxygen atoms in total. The highest BCUT2D eigenvalue weighted by molar-refractivity contribution is 6.30. The fraction of sp³-hybridized carbons (Fsp3) is 0.200. The summed E-state index contributed by atoms with van der Waals surface area (Å²) in [6.07, 6.45) is 0.356. The number of halogens is 3. The number of hydrogen-bond acceptors (Lipinski definition) is 1. The maximum Gasteiger partial charge on any atom is 0.142 e. The summed E-state index contributed by atoms with van der Waals surface area (Å²) < 4.78 is 27.3. The van der Waals surface area contributed by atoms with Crippen LogP contribution in [0.5, 0.6) is 0 Å². The van der Waals surface area contributed by atoms with E-state index in [0.29, 0.717) is 23.1 Å². The summed E-state index contributed by atoms with van der Waals surface area (Å²) in [5.41, 5.74) is 7.67. The Bertz CT molecular complexity index is 599. The SMILES string of the molecule is Cc1cccc(C(N)Cc2ccc(Cl)c(F)c2)c1F. The largest absolute Gasteiger partial charge is 0.324 e. The molecule has 2 aromatic carbocycles. The standard InChI is InChI=1S/C15H14ClF2N/c1-9-3-2-4-11(15(9)18)14(19)8-10-5-6-12(16)13(17)7-10/h2-7,14H,8,19H2,1H3. The molecular formula is C15H14ClF2N. The maximum absolute atomic E-state index is 13.9. The Kier molecular flexibility index (Phi) is 4.17. The maximum atomic E-state index is 13.9. The van der Waals surface area contributed by atoms with Crippen molar-refractivity contribution in [2.75, 3.05) is 0 Å². The third-order valence-electron chi connectivity index (χ3n) is 3.06. The highest BCUT2D eigenvalue weighted by Crippen LogP contribution is 2.23. The number of hydrogen-bond donors (Lipinski definition) is 1. The van der Waals surface area contributed by atoms with Gasteiger partial charge in [0.05, 0.1) is 5.02 Å². The summed E-state index contributed by atoms with van der Waals surface area (Å²) in [6.45, 7) is 1.69. The van der Waals surface area contributed by atoms with Gasteiger partial charge < -0.3 is 5.73 Å². The first-order chi connectivity index (χ1) is 8.99.